The Labute approximate surface area is 113 Å². The van der Waals surface area contributed by atoms with Gasteiger partial charge in [-0.05, 0) is 11.4 Å². The zero-order chi connectivity index (χ0) is 14.0. The fourth-order valence-corrected chi connectivity index (χ4v) is 2.18. The fraction of sp³-hybridized carbons (Fsp3) is 0.273. The van der Waals surface area contributed by atoms with Gasteiger partial charge in [0.05, 0.1) is 5.56 Å². The summed E-state index contributed by atoms with van der Waals surface area (Å²) in [6.45, 7) is 3.87. The summed E-state index contributed by atoms with van der Waals surface area (Å²) in [4.78, 5) is 27.1. The lowest BCUT2D eigenvalue weighted by molar-refractivity contribution is 0.100. The van der Waals surface area contributed by atoms with Crippen molar-refractivity contribution >= 4 is 28.2 Å². The maximum absolute atomic E-state index is 11.9. The van der Waals surface area contributed by atoms with E-state index in [1.165, 1.54) is 11.3 Å². The van der Waals surface area contributed by atoms with Crippen molar-refractivity contribution in [1.29, 1.82) is 0 Å². The molecular weight excluding hydrogens is 266 g/mol. The molecule has 100 valence electrons. The van der Waals surface area contributed by atoms with E-state index < -0.39 is 11.8 Å². The van der Waals surface area contributed by atoms with E-state index in [1.807, 2.05) is 13.8 Å². The first-order chi connectivity index (χ1) is 8.99. The highest BCUT2D eigenvalue weighted by Gasteiger charge is 2.17. The summed E-state index contributed by atoms with van der Waals surface area (Å²) in [5.41, 5.74) is 5.47. The van der Waals surface area contributed by atoms with Crippen LogP contribution in [-0.2, 0) is 0 Å². The van der Waals surface area contributed by atoms with Gasteiger partial charge >= 0.3 is 0 Å². The van der Waals surface area contributed by atoms with Crippen LogP contribution in [-0.4, -0.2) is 27.0 Å². The molecule has 19 heavy (non-hydrogen) atoms. The second-order valence-electron chi connectivity index (χ2n) is 4.18. The summed E-state index contributed by atoms with van der Waals surface area (Å²) in [5.74, 6) is -0.251. The average molecular weight is 279 g/mol. The molecule has 2 heterocycles. The van der Waals surface area contributed by atoms with E-state index >= 15 is 0 Å². The van der Waals surface area contributed by atoms with E-state index in [2.05, 4.69) is 20.5 Å². The lowest BCUT2D eigenvalue weighted by atomic mass is 10.2. The van der Waals surface area contributed by atoms with Gasteiger partial charge in [0.2, 0.25) is 5.82 Å². The van der Waals surface area contributed by atoms with Gasteiger partial charge in [0.1, 0.15) is 10.8 Å². The molecule has 0 bridgehead atoms. The second kappa shape index (κ2) is 5.19. The number of nitrogens with zero attached hydrogens (tertiary/aromatic N) is 2. The Hall–Kier alpha value is -2.22. The van der Waals surface area contributed by atoms with Gasteiger partial charge in [0, 0.05) is 5.92 Å². The Balaban J connectivity index is 2.16. The Morgan fingerprint density at radius 1 is 1.47 bits per heavy atom. The van der Waals surface area contributed by atoms with Crippen LogP contribution in [0.25, 0.3) is 0 Å². The highest BCUT2D eigenvalue weighted by atomic mass is 32.1. The molecule has 0 saturated heterocycles. The van der Waals surface area contributed by atoms with Crippen molar-refractivity contribution < 1.29 is 9.59 Å². The number of thiophene rings is 1. The predicted octanol–water partition coefficient (Wildman–Crippen LogP) is 1.34. The molecule has 2 aromatic rings. The topological polar surface area (TPSA) is 114 Å². The standard InChI is InChI=1S/C11H13N5O2S/c1-5(2)8-13-9(16-15-8)10(18)14-11-6(7(12)17)3-4-19-11/h3-5H,1-2H3,(H2,12,17)(H,14,18)(H,13,15,16). The molecule has 2 rings (SSSR count). The third kappa shape index (κ3) is 2.79. The maximum atomic E-state index is 11.9. The summed E-state index contributed by atoms with van der Waals surface area (Å²) in [6, 6.07) is 1.56. The number of amides is 2. The highest BCUT2D eigenvalue weighted by molar-refractivity contribution is 7.14. The van der Waals surface area contributed by atoms with Gasteiger partial charge in [-0.3, -0.25) is 14.7 Å². The first-order valence-electron chi connectivity index (χ1n) is 5.60. The molecule has 0 fully saturated rings. The summed E-state index contributed by atoms with van der Waals surface area (Å²) in [6.07, 6.45) is 0. The van der Waals surface area contributed by atoms with Crippen LogP contribution in [0.15, 0.2) is 11.4 Å². The number of nitrogens with one attached hydrogen (secondary N) is 2. The number of hydrogen-bond donors (Lipinski definition) is 3. The van der Waals surface area contributed by atoms with Crippen LogP contribution >= 0.6 is 11.3 Å². The number of aromatic nitrogens is 3. The average Bonchev–Trinajstić information content (AvgIpc) is 2.96. The molecule has 0 radical (unpaired) electrons. The van der Waals surface area contributed by atoms with Crippen molar-refractivity contribution in [2.24, 2.45) is 5.73 Å². The summed E-state index contributed by atoms with van der Waals surface area (Å²) >= 11 is 1.22. The molecule has 4 N–H and O–H groups in total. The number of hydrogen-bond acceptors (Lipinski definition) is 5. The first kappa shape index (κ1) is 13.2. The Kier molecular flexibility index (Phi) is 3.61. The Morgan fingerprint density at radius 2 is 2.21 bits per heavy atom. The van der Waals surface area contributed by atoms with Crippen LogP contribution < -0.4 is 11.1 Å². The highest BCUT2D eigenvalue weighted by Crippen LogP contribution is 2.23. The number of H-pyrrole nitrogens is 1. The maximum Gasteiger partial charge on any atom is 0.295 e. The van der Waals surface area contributed by atoms with Gasteiger partial charge in [-0.25, -0.2) is 4.98 Å². The SMILES string of the molecule is CC(C)c1nc(C(=O)Nc2sccc2C(N)=O)n[nH]1. The van der Waals surface area contributed by atoms with E-state index in [-0.39, 0.29) is 17.3 Å². The molecule has 0 saturated carbocycles. The molecule has 2 amide bonds. The van der Waals surface area contributed by atoms with Crippen LogP contribution in [0, 0.1) is 0 Å². The molecule has 0 aromatic carbocycles. The molecule has 0 atom stereocenters. The third-order valence-corrected chi connectivity index (χ3v) is 3.24. The van der Waals surface area contributed by atoms with Gasteiger partial charge in [-0.1, -0.05) is 13.8 Å². The number of rotatable bonds is 4. The normalized spacial score (nSPS) is 10.7. The number of carbonyl (C=O) groups excluding carboxylic acids is 2. The summed E-state index contributed by atoms with van der Waals surface area (Å²) in [5, 5.41) is 11.2. The minimum absolute atomic E-state index is 0.0347. The zero-order valence-corrected chi connectivity index (χ0v) is 11.2. The van der Waals surface area contributed by atoms with Gasteiger partial charge in [0.15, 0.2) is 0 Å². The second-order valence-corrected chi connectivity index (χ2v) is 5.10. The molecule has 0 aliphatic rings. The molecular formula is C11H13N5O2S. The summed E-state index contributed by atoms with van der Waals surface area (Å²) < 4.78 is 0. The van der Waals surface area contributed by atoms with Crippen molar-refractivity contribution in [3.63, 3.8) is 0 Å². The van der Waals surface area contributed by atoms with E-state index in [4.69, 9.17) is 5.73 Å². The number of nitrogens with two attached hydrogens (primary N) is 1. The molecule has 0 aliphatic carbocycles. The van der Waals surface area contributed by atoms with E-state index in [0.29, 0.717) is 10.8 Å². The van der Waals surface area contributed by atoms with Crippen molar-refractivity contribution in [2.75, 3.05) is 5.32 Å². The van der Waals surface area contributed by atoms with Gasteiger partial charge in [-0.15, -0.1) is 16.4 Å². The number of carbonyl (C=O) groups is 2. The van der Waals surface area contributed by atoms with Crippen molar-refractivity contribution in [2.45, 2.75) is 19.8 Å². The smallest absolute Gasteiger partial charge is 0.295 e. The predicted molar refractivity (Wildman–Crippen MR) is 71.3 cm³/mol. The van der Waals surface area contributed by atoms with E-state index in [1.54, 1.807) is 11.4 Å². The Morgan fingerprint density at radius 3 is 2.79 bits per heavy atom. The molecule has 7 nitrogen and oxygen atoms in total. The minimum Gasteiger partial charge on any atom is -0.366 e. The van der Waals surface area contributed by atoms with Gasteiger partial charge in [0.25, 0.3) is 11.8 Å². The minimum atomic E-state index is -0.589. The number of aromatic amines is 1. The van der Waals surface area contributed by atoms with Crippen LogP contribution in [0.5, 0.6) is 0 Å². The molecule has 0 unspecified atom stereocenters. The van der Waals surface area contributed by atoms with Gasteiger partial charge in [-0.2, -0.15) is 0 Å². The molecule has 0 aliphatic heterocycles. The van der Waals surface area contributed by atoms with E-state index in [0.717, 1.165) is 0 Å². The monoisotopic (exact) mass is 279 g/mol. The lowest BCUT2D eigenvalue weighted by Crippen LogP contribution is -2.17. The van der Waals surface area contributed by atoms with Gasteiger partial charge < -0.3 is 11.1 Å². The fourth-order valence-electron chi connectivity index (χ4n) is 1.39. The van der Waals surface area contributed by atoms with Crippen molar-refractivity contribution in [3.05, 3.63) is 28.7 Å². The first-order valence-corrected chi connectivity index (χ1v) is 6.48. The Bertz CT molecular complexity index is 616. The molecule has 2 aromatic heterocycles. The van der Waals surface area contributed by atoms with Crippen molar-refractivity contribution in [3.8, 4) is 0 Å². The van der Waals surface area contributed by atoms with E-state index in [9.17, 15) is 9.59 Å². The largest absolute Gasteiger partial charge is 0.366 e. The molecule has 0 spiro atoms. The number of anilines is 1. The number of primary amides is 1. The zero-order valence-electron chi connectivity index (χ0n) is 10.4. The quantitative estimate of drug-likeness (QED) is 0.783. The molecule has 8 heteroatoms. The van der Waals surface area contributed by atoms with Crippen LogP contribution in [0.3, 0.4) is 0 Å². The summed E-state index contributed by atoms with van der Waals surface area (Å²) in [7, 11) is 0. The van der Waals surface area contributed by atoms with Crippen LogP contribution in [0.1, 0.15) is 46.6 Å². The third-order valence-electron chi connectivity index (χ3n) is 2.41. The van der Waals surface area contributed by atoms with Crippen molar-refractivity contribution in [1.82, 2.24) is 15.2 Å². The van der Waals surface area contributed by atoms with Crippen LogP contribution in [0.2, 0.25) is 0 Å². The lowest BCUT2D eigenvalue weighted by Gasteiger charge is -2.01. The van der Waals surface area contributed by atoms with Crippen LogP contribution in [0.4, 0.5) is 5.00 Å².